The number of rotatable bonds is 4. The van der Waals surface area contributed by atoms with Gasteiger partial charge in [-0.05, 0) is 79.8 Å². The van der Waals surface area contributed by atoms with Crippen molar-refractivity contribution in [2.75, 3.05) is 6.61 Å². The van der Waals surface area contributed by atoms with Gasteiger partial charge in [-0.15, -0.1) is 0 Å². The topological polar surface area (TPSA) is 26.3 Å². The molecule has 0 saturated carbocycles. The first-order valence-corrected chi connectivity index (χ1v) is 8.56. The maximum absolute atomic E-state index is 12.3. The molecule has 0 bridgehead atoms. The SMILES string of the molecule is CCOC(=O)c1cc(Cc2ccccc2)c2c(c1C)CCCC2. The molecule has 0 aromatic heterocycles. The Hall–Kier alpha value is -2.09. The molecule has 2 heteroatoms. The molecule has 0 unspecified atom stereocenters. The molecule has 0 amide bonds. The number of hydrogen-bond acceptors (Lipinski definition) is 2. The summed E-state index contributed by atoms with van der Waals surface area (Å²) in [7, 11) is 0. The Bertz CT molecular complexity index is 702. The quantitative estimate of drug-likeness (QED) is 0.769. The van der Waals surface area contributed by atoms with Crippen LogP contribution in [0.3, 0.4) is 0 Å². The third kappa shape index (κ3) is 3.31. The van der Waals surface area contributed by atoms with Crippen LogP contribution in [0.4, 0.5) is 0 Å². The first kappa shape index (κ1) is 15.8. The van der Waals surface area contributed by atoms with E-state index in [9.17, 15) is 4.79 Å². The summed E-state index contributed by atoms with van der Waals surface area (Å²) < 4.78 is 5.27. The zero-order valence-electron chi connectivity index (χ0n) is 14.0. The van der Waals surface area contributed by atoms with Crippen molar-refractivity contribution in [3.63, 3.8) is 0 Å². The van der Waals surface area contributed by atoms with Gasteiger partial charge in [-0.2, -0.15) is 0 Å². The lowest BCUT2D eigenvalue weighted by molar-refractivity contribution is 0.0525. The second-order valence-corrected chi connectivity index (χ2v) is 6.26. The van der Waals surface area contributed by atoms with Crippen LogP contribution in [-0.4, -0.2) is 12.6 Å². The minimum absolute atomic E-state index is 0.187. The molecule has 0 aliphatic heterocycles. The third-order valence-electron chi connectivity index (χ3n) is 4.76. The zero-order chi connectivity index (χ0) is 16.2. The molecule has 0 spiro atoms. The molecule has 2 aromatic rings. The predicted octanol–water partition coefficient (Wildman–Crippen LogP) is 4.64. The zero-order valence-corrected chi connectivity index (χ0v) is 14.0. The van der Waals surface area contributed by atoms with E-state index in [0.717, 1.165) is 30.4 Å². The molecule has 1 aliphatic rings. The van der Waals surface area contributed by atoms with Crippen molar-refractivity contribution >= 4 is 5.97 Å². The van der Waals surface area contributed by atoms with Gasteiger partial charge in [0.25, 0.3) is 0 Å². The summed E-state index contributed by atoms with van der Waals surface area (Å²) in [6.07, 6.45) is 5.55. The fourth-order valence-corrected chi connectivity index (χ4v) is 3.60. The van der Waals surface area contributed by atoms with Gasteiger partial charge in [0.15, 0.2) is 0 Å². The van der Waals surface area contributed by atoms with Crippen LogP contribution in [0.25, 0.3) is 0 Å². The molecular formula is C21H24O2. The number of fused-ring (bicyclic) bond motifs is 1. The van der Waals surface area contributed by atoms with Crippen molar-refractivity contribution in [1.82, 2.24) is 0 Å². The first-order valence-electron chi connectivity index (χ1n) is 8.56. The highest BCUT2D eigenvalue weighted by atomic mass is 16.5. The molecule has 1 aliphatic carbocycles. The second-order valence-electron chi connectivity index (χ2n) is 6.26. The fraction of sp³-hybridized carbons (Fsp3) is 0.381. The lowest BCUT2D eigenvalue weighted by Gasteiger charge is -2.24. The van der Waals surface area contributed by atoms with Crippen LogP contribution in [0, 0.1) is 6.92 Å². The molecule has 0 atom stereocenters. The van der Waals surface area contributed by atoms with E-state index >= 15 is 0 Å². The van der Waals surface area contributed by atoms with E-state index < -0.39 is 0 Å². The highest BCUT2D eigenvalue weighted by Gasteiger charge is 2.22. The Kier molecular flexibility index (Phi) is 4.80. The summed E-state index contributed by atoms with van der Waals surface area (Å²) in [5, 5.41) is 0. The van der Waals surface area contributed by atoms with E-state index in [-0.39, 0.29) is 5.97 Å². The van der Waals surface area contributed by atoms with Crippen molar-refractivity contribution in [2.24, 2.45) is 0 Å². The van der Waals surface area contributed by atoms with Gasteiger partial charge in [0.2, 0.25) is 0 Å². The molecule has 0 N–H and O–H groups in total. The summed E-state index contributed by atoms with van der Waals surface area (Å²) in [5.41, 5.74) is 7.30. The van der Waals surface area contributed by atoms with E-state index in [1.165, 1.54) is 35.1 Å². The normalized spacial score (nSPS) is 13.5. The van der Waals surface area contributed by atoms with Gasteiger partial charge in [-0.3, -0.25) is 0 Å². The van der Waals surface area contributed by atoms with Crippen LogP contribution >= 0.6 is 0 Å². The highest BCUT2D eigenvalue weighted by Crippen LogP contribution is 2.31. The van der Waals surface area contributed by atoms with Crippen molar-refractivity contribution < 1.29 is 9.53 Å². The van der Waals surface area contributed by atoms with Crippen LogP contribution in [-0.2, 0) is 24.0 Å². The number of carbonyl (C=O) groups is 1. The first-order chi connectivity index (χ1) is 11.2. The number of benzene rings is 2. The van der Waals surface area contributed by atoms with Crippen molar-refractivity contribution in [2.45, 2.75) is 46.0 Å². The van der Waals surface area contributed by atoms with Crippen molar-refractivity contribution in [1.29, 1.82) is 0 Å². The van der Waals surface area contributed by atoms with Gasteiger partial charge in [0.1, 0.15) is 0 Å². The van der Waals surface area contributed by atoms with Crippen molar-refractivity contribution in [3.05, 3.63) is 69.8 Å². The lowest BCUT2D eigenvalue weighted by Crippen LogP contribution is -2.15. The summed E-state index contributed by atoms with van der Waals surface area (Å²) in [6, 6.07) is 12.6. The number of carbonyl (C=O) groups excluding carboxylic acids is 1. The minimum atomic E-state index is -0.187. The summed E-state index contributed by atoms with van der Waals surface area (Å²) >= 11 is 0. The van der Waals surface area contributed by atoms with Gasteiger partial charge in [0.05, 0.1) is 12.2 Å². The van der Waals surface area contributed by atoms with E-state index in [1.807, 2.05) is 13.0 Å². The summed E-state index contributed by atoms with van der Waals surface area (Å²) in [4.78, 5) is 12.3. The Morgan fingerprint density at radius 1 is 1.09 bits per heavy atom. The van der Waals surface area contributed by atoms with Gasteiger partial charge in [-0.1, -0.05) is 30.3 Å². The van der Waals surface area contributed by atoms with E-state index in [2.05, 4.69) is 37.3 Å². The van der Waals surface area contributed by atoms with Gasteiger partial charge in [-0.25, -0.2) is 4.79 Å². The van der Waals surface area contributed by atoms with Crippen molar-refractivity contribution in [3.8, 4) is 0 Å². The average molecular weight is 308 g/mol. The molecule has 0 fully saturated rings. The Labute approximate surface area is 138 Å². The molecule has 0 saturated heterocycles. The van der Waals surface area contributed by atoms with Gasteiger partial charge < -0.3 is 4.74 Å². The molecule has 23 heavy (non-hydrogen) atoms. The van der Waals surface area contributed by atoms with Crippen LogP contribution in [0.2, 0.25) is 0 Å². The Morgan fingerprint density at radius 3 is 2.48 bits per heavy atom. The number of hydrogen-bond donors (Lipinski definition) is 0. The minimum Gasteiger partial charge on any atom is -0.462 e. The number of esters is 1. The monoisotopic (exact) mass is 308 g/mol. The predicted molar refractivity (Wildman–Crippen MR) is 93.0 cm³/mol. The van der Waals surface area contributed by atoms with E-state index in [4.69, 9.17) is 4.74 Å². The smallest absolute Gasteiger partial charge is 0.338 e. The van der Waals surface area contributed by atoms with Crippen LogP contribution in [0.15, 0.2) is 36.4 Å². The van der Waals surface area contributed by atoms with Gasteiger partial charge >= 0.3 is 5.97 Å². The third-order valence-corrected chi connectivity index (χ3v) is 4.76. The standard InChI is InChI=1S/C21H24O2/c1-3-23-21(22)20-14-17(13-16-9-5-4-6-10-16)19-12-8-7-11-18(19)15(20)2/h4-6,9-10,14H,3,7-8,11-13H2,1-2H3. The highest BCUT2D eigenvalue weighted by molar-refractivity contribution is 5.92. The van der Waals surface area contributed by atoms with E-state index in [0.29, 0.717) is 6.61 Å². The summed E-state index contributed by atoms with van der Waals surface area (Å²) in [6.45, 7) is 4.35. The molecule has 0 radical (unpaired) electrons. The molecular weight excluding hydrogens is 284 g/mol. The average Bonchev–Trinajstić information content (AvgIpc) is 2.58. The lowest BCUT2D eigenvalue weighted by atomic mass is 9.81. The fourth-order valence-electron chi connectivity index (χ4n) is 3.60. The largest absolute Gasteiger partial charge is 0.462 e. The van der Waals surface area contributed by atoms with Crippen LogP contribution < -0.4 is 0 Å². The van der Waals surface area contributed by atoms with Crippen LogP contribution in [0.5, 0.6) is 0 Å². The van der Waals surface area contributed by atoms with E-state index in [1.54, 1.807) is 0 Å². The Balaban J connectivity index is 2.06. The Morgan fingerprint density at radius 2 is 1.78 bits per heavy atom. The second kappa shape index (κ2) is 6.99. The van der Waals surface area contributed by atoms with Crippen LogP contribution in [0.1, 0.15) is 57.9 Å². The maximum Gasteiger partial charge on any atom is 0.338 e. The maximum atomic E-state index is 12.3. The van der Waals surface area contributed by atoms with Gasteiger partial charge in [0, 0.05) is 0 Å². The molecule has 3 rings (SSSR count). The molecule has 2 aromatic carbocycles. The summed E-state index contributed by atoms with van der Waals surface area (Å²) in [5.74, 6) is -0.187. The number of ether oxygens (including phenoxy) is 1. The molecule has 2 nitrogen and oxygen atoms in total. The molecule has 0 heterocycles. The molecule has 120 valence electrons.